The molecule has 0 saturated heterocycles. The lowest BCUT2D eigenvalue weighted by molar-refractivity contribution is -0.149. The van der Waals surface area contributed by atoms with E-state index >= 15 is 0 Å². The number of aliphatic carboxylic acids is 1. The van der Waals surface area contributed by atoms with E-state index in [0.29, 0.717) is 17.9 Å². The second-order valence-electron chi connectivity index (χ2n) is 4.81. The van der Waals surface area contributed by atoms with Crippen molar-refractivity contribution in [3.8, 4) is 0 Å². The minimum absolute atomic E-state index is 0.162. The molecule has 0 spiro atoms. The molecule has 0 aliphatic heterocycles. The number of amides is 1. The van der Waals surface area contributed by atoms with E-state index in [-0.39, 0.29) is 18.2 Å². The molecule has 0 radical (unpaired) electrons. The summed E-state index contributed by atoms with van der Waals surface area (Å²) in [4.78, 5) is 24.1. The second-order valence-corrected chi connectivity index (χ2v) is 6.30. The number of halogens is 1. The Bertz CT molecular complexity index is 486. The van der Waals surface area contributed by atoms with Gasteiger partial charge in [-0.05, 0) is 37.1 Å². The molecule has 6 heteroatoms. The van der Waals surface area contributed by atoms with Gasteiger partial charge in [-0.1, -0.05) is 25.4 Å². The van der Waals surface area contributed by atoms with Crippen molar-refractivity contribution in [3.05, 3.63) is 29.3 Å². The smallest absolute Gasteiger partial charge is 0.311 e. The van der Waals surface area contributed by atoms with Gasteiger partial charge in [0.15, 0.2) is 0 Å². The molecular weight excluding hydrogens is 310 g/mol. The van der Waals surface area contributed by atoms with Gasteiger partial charge in [-0.2, -0.15) is 0 Å². The largest absolute Gasteiger partial charge is 0.481 e. The molecule has 0 unspecified atom stereocenters. The van der Waals surface area contributed by atoms with Crippen LogP contribution in [0.25, 0.3) is 0 Å². The average molecular weight is 330 g/mol. The molecule has 0 aliphatic rings. The predicted molar refractivity (Wildman–Crippen MR) is 85.8 cm³/mol. The van der Waals surface area contributed by atoms with Crippen molar-refractivity contribution in [1.82, 2.24) is 5.32 Å². The van der Waals surface area contributed by atoms with Crippen LogP contribution in [-0.4, -0.2) is 29.3 Å². The highest BCUT2D eigenvalue weighted by molar-refractivity contribution is 8.00. The van der Waals surface area contributed by atoms with Gasteiger partial charge in [-0.25, -0.2) is 0 Å². The summed E-state index contributed by atoms with van der Waals surface area (Å²) < 4.78 is 0. The summed E-state index contributed by atoms with van der Waals surface area (Å²) in [5, 5.41) is 12.7. The summed E-state index contributed by atoms with van der Waals surface area (Å²) in [6, 6.07) is 7.23. The Morgan fingerprint density at radius 3 is 2.29 bits per heavy atom. The number of carboxylic acid groups (broad SMARTS) is 1. The zero-order chi connectivity index (χ0) is 15.9. The molecule has 21 heavy (non-hydrogen) atoms. The molecule has 1 aromatic rings. The Balaban J connectivity index is 2.46. The fourth-order valence-electron chi connectivity index (χ4n) is 1.88. The first kappa shape index (κ1) is 17.9. The van der Waals surface area contributed by atoms with Crippen LogP contribution >= 0.6 is 23.4 Å². The van der Waals surface area contributed by atoms with Gasteiger partial charge in [0, 0.05) is 16.5 Å². The molecule has 116 valence electrons. The Morgan fingerprint density at radius 1 is 1.24 bits per heavy atom. The standard InChI is InChI=1S/C15H20ClNO3S/c1-3-15(4-2,14(19)20)10-17-13(18)9-21-12-7-5-11(16)6-8-12/h5-8H,3-4,9-10H2,1-2H3,(H,17,18)(H,19,20). The maximum Gasteiger partial charge on any atom is 0.311 e. The topological polar surface area (TPSA) is 66.4 Å². The molecule has 4 nitrogen and oxygen atoms in total. The highest BCUT2D eigenvalue weighted by Crippen LogP contribution is 2.26. The Kier molecular flexibility index (Phi) is 7.05. The lowest BCUT2D eigenvalue weighted by atomic mass is 9.82. The Labute approximate surface area is 134 Å². The summed E-state index contributed by atoms with van der Waals surface area (Å²) in [5.41, 5.74) is -0.874. The van der Waals surface area contributed by atoms with Crippen molar-refractivity contribution in [2.24, 2.45) is 5.41 Å². The number of carbonyl (C=O) groups is 2. The summed E-state index contributed by atoms with van der Waals surface area (Å²) in [6.07, 6.45) is 0.979. The molecule has 0 saturated carbocycles. The number of hydrogen-bond acceptors (Lipinski definition) is 3. The Hall–Kier alpha value is -1.20. The van der Waals surface area contributed by atoms with Gasteiger partial charge in [0.2, 0.25) is 5.91 Å². The summed E-state index contributed by atoms with van der Waals surface area (Å²) in [6.45, 7) is 3.81. The predicted octanol–water partition coefficient (Wildman–Crippen LogP) is 3.44. The number of benzene rings is 1. The van der Waals surface area contributed by atoms with Crippen molar-refractivity contribution in [2.45, 2.75) is 31.6 Å². The van der Waals surface area contributed by atoms with Crippen LogP contribution in [0, 0.1) is 5.41 Å². The van der Waals surface area contributed by atoms with Crippen molar-refractivity contribution in [2.75, 3.05) is 12.3 Å². The molecule has 0 heterocycles. The Morgan fingerprint density at radius 2 is 1.81 bits per heavy atom. The number of carbonyl (C=O) groups excluding carboxylic acids is 1. The van der Waals surface area contributed by atoms with Crippen LogP contribution in [0.5, 0.6) is 0 Å². The summed E-state index contributed by atoms with van der Waals surface area (Å²) in [7, 11) is 0. The molecule has 0 aliphatic carbocycles. The maximum atomic E-state index is 11.8. The van der Waals surface area contributed by atoms with Crippen LogP contribution in [0.15, 0.2) is 29.2 Å². The van der Waals surface area contributed by atoms with Crippen LogP contribution in [0.2, 0.25) is 5.02 Å². The first-order valence-electron chi connectivity index (χ1n) is 6.82. The third kappa shape index (κ3) is 5.25. The highest BCUT2D eigenvalue weighted by Gasteiger charge is 2.34. The van der Waals surface area contributed by atoms with Crippen molar-refractivity contribution < 1.29 is 14.7 Å². The second kappa shape index (κ2) is 8.29. The molecule has 1 rings (SSSR count). The first-order valence-corrected chi connectivity index (χ1v) is 8.18. The van der Waals surface area contributed by atoms with Crippen LogP contribution in [-0.2, 0) is 9.59 Å². The van der Waals surface area contributed by atoms with Gasteiger partial charge in [-0.3, -0.25) is 9.59 Å². The molecule has 2 N–H and O–H groups in total. The lowest BCUT2D eigenvalue weighted by Gasteiger charge is -2.26. The fraction of sp³-hybridized carbons (Fsp3) is 0.467. The number of thioether (sulfide) groups is 1. The van der Waals surface area contributed by atoms with Crippen molar-refractivity contribution >= 4 is 35.2 Å². The van der Waals surface area contributed by atoms with E-state index in [2.05, 4.69) is 5.32 Å². The van der Waals surface area contributed by atoms with Gasteiger partial charge in [-0.15, -0.1) is 11.8 Å². The minimum Gasteiger partial charge on any atom is -0.481 e. The third-order valence-electron chi connectivity index (χ3n) is 3.61. The van der Waals surface area contributed by atoms with E-state index in [9.17, 15) is 14.7 Å². The van der Waals surface area contributed by atoms with Crippen molar-refractivity contribution in [1.29, 1.82) is 0 Å². The van der Waals surface area contributed by atoms with Gasteiger partial charge in [0.25, 0.3) is 0 Å². The molecule has 0 atom stereocenters. The zero-order valence-electron chi connectivity index (χ0n) is 12.2. The fourth-order valence-corrected chi connectivity index (χ4v) is 2.73. The SMILES string of the molecule is CCC(CC)(CNC(=O)CSc1ccc(Cl)cc1)C(=O)O. The van der Waals surface area contributed by atoms with Gasteiger partial charge in [0.05, 0.1) is 11.2 Å². The highest BCUT2D eigenvalue weighted by atomic mass is 35.5. The van der Waals surface area contributed by atoms with Crippen LogP contribution in [0.4, 0.5) is 0 Å². The molecule has 1 amide bonds. The molecular formula is C15H20ClNO3S. The van der Waals surface area contributed by atoms with E-state index in [1.165, 1.54) is 11.8 Å². The molecule has 0 aromatic heterocycles. The minimum atomic E-state index is -0.874. The molecule has 0 fully saturated rings. The maximum absolute atomic E-state index is 11.8. The van der Waals surface area contributed by atoms with E-state index in [1.807, 2.05) is 26.0 Å². The van der Waals surface area contributed by atoms with Crippen molar-refractivity contribution in [3.63, 3.8) is 0 Å². The van der Waals surface area contributed by atoms with E-state index in [0.717, 1.165) is 4.90 Å². The van der Waals surface area contributed by atoms with E-state index in [1.54, 1.807) is 12.1 Å². The van der Waals surface area contributed by atoms with Gasteiger partial charge < -0.3 is 10.4 Å². The number of hydrogen-bond donors (Lipinski definition) is 2. The van der Waals surface area contributed by atoms with Gasteiger partial charge >= 0.3 is 5.97 Å². The summed E-state index contributed by atoms with van der Waals surface area (Å²) in [5.74, 6) is -0.772. The third-order valence-corrected chi connectivity index (χ3v) is 4.88. The first-order chi connectivity index (χ1) is 9.93. The van der Waals surface area contributed by atoms with Crippen LogP contribution in [0.3, 0.4) is 0 Å². The average Bonchev–Trinajstić information content (AvgIpc) is 2.48. The monoisotopic (exact) mass is 329 g/mol. The molecule has 0 bridgehead atoms. The quantitative estimate of drug-likeness (QED) is 0.717. The number of carboxylic acids is 1. The van der Waals surface area contributed by atoms with E-state index in [4.69, 9.17) is 11.6 Å². The van der Waals surface area contributed by atoms with Gasteiger partial charge in [0.1, 0.15) is 0 Å². The summed E-state index contributed by atoms with van der Waals surface area (Å²) >= 11 is 7.19. The van der Waals surface area contributed by atoms with Crippen LogP contribution in [0.1, 0.15) is 26.7 Å². The number of rotatable bonds is 8. The normalized spacial score (nSPS) is 11.2. The lowest BCUT2D eigenvalue weighted by Crippen LogP contribution is -2.42. The van der Waals surface area contributed by atoms with Crippen LogP contribution < -0.4 is 5.32 Å². The zero-order valence-corrected chi connectivity index (χ0v) is 13.8. The van der Waals surface area contributed by atoms with E-state index < -0.39 is 11.4 Å². The number of nitrogens with one attached hydrogen (secondary N) is 1. The molecule has 1 aromatic carbocycles.